The predicted molar refractivity (Wildman–Crippen MR) is 122 cm³/mol. The summed E-state index contributed by atoms with van der Waals surface area (Å²) in [5.41, 5.74) is 3.62. The molecule has 5 nitrogen and oxygen atoms in total. The van der Waals surface area contributed by atoms with Gasteiger partial charge >= 0.3 is 0 Å². The monoisotopic (exact) mass is 417 g/mol. The van der Waals surface area contributed by atoms with Crippen LogP contribution in [-0.4, -0.2) is 36.3 Å². The number of aromatic nitrogens is 2. The van der Waals surface area contributed by atoms with Crippen LogP contribution < -0.4 is 10.2 Å². The van der Waals surface area contributed by atoms with Crippen molar-refractivity contribution in [1.29, 1.82) is 0 Å². The molecule has 1 saturated heterocycles. The Hall–Kier alpha value is -2.80. The molecule has 5 rings (SSSR count). The first-order valence-electron chi connectivity index (χ1n) is 10.4. The molecule has 4 aromatic rings. The number of fused-ring (bicyclic) bond motifs is 1. The average Bonchev–Trinajstić information content (AvgIpc) is 3.24. The van der Waals surface area contributed by atoms with Crippen LogP contribution in [0.1, 0.15) is 11.4 Å². The molecule has 152 valence electrons. The Kier molecular flexibility index (Phi) is 5.70. The maximum absolute atomic E-state index is 5.50. The number of quaternary nitrogens is 1. The van der Waals surface area contributed by atoms with Gasteiger partial charge in [0.1, 0.15) is 30.3 Å². The van der Waals surface area contributed by atoms with E-state index in [2.05, 4.69) is 59.2 Å². The second-order valence-electron chi connectivity index (χ2n) is 7.56. The molecule has 0 unspecified atom stereocenters. The molecule has 2 aromatic heterocycles. The van der Waals surface area contributed by atoms with Crippen LogP contribution in [0.25, 0.3) is 21.3 Å². The van der Waals surface area contributed by atoms with Gasteiger partial charge in [0.05, 0.1) is 18.6 Å². The number of anilines is 1. The summed E-state index contributed by atoms with van der Waals surface area (Å²) in [6, 6.07) is 20.9. The quantitative estimate of drug-likeness (QED) is 0.505. The summed E-state index contributed by atoms with van der Waals surface area (Å²) in [6.45, 7) is 5.21. The van der Waals surface area contributed by atoms with E-state index in [-0.39, 0.29) is 0 Å². The van der Waals surface area contributed by atoms with Crippen LogP contribution in [-0.2, 0) is 17.8 Å². The van der Waals surface area contributed by atoms with Crippen LogP contribution in [0, 0.1) is 0 Å². The summed E-state index contributed by atoms with van der Waals surface area (Å²) in [6.07, 6.45) is 0. The SMILES string of the molecule is c1ccc(CNc2nc(C[NH+]3CCOCC3)nc3scc(-c4ccccc4)c23)cc1. The zero-order chi connectivity index (χ0) is 20.2. The number of nitrogens with one attached hydrogen (secondary N) is 2. The van der Waals surface area contributed by atoms with Gasteiger partial charge in [0, 0.05) is 17.5 Å². The normalized spacial score (nSPS) is 14.8. The molecular weight excluding hydrogens is 392 g/mol. The lowest BCUT2D eigenvalue weighted by Gasteiger charge is -2.23. The molecule has 30 heavy (non-hydrogen) atoms. The van der Waals surface area contributed by atoms with Crippen molar-refractivity contribution in [3.8, 4) is 11.1 Å². The molecule has 0 spiro atoms. The van der Waals surface area contributed by atoms with Crippen molar-refractivity contribution in [3.05, 3.63) is 77.4 Å². The highest BCUT2D eigenvalue weighted by Crippen LogP contribution is 2.37. The topological polar surface area (TPSA) is 51.5 Å². The maximum atomic E-state index is 5.50. The minimum atomic E-state index is 0.737. The van der Waals surface area contributed by atoms with E-state index in [9.17, 15) is 0 Å². The first-order valence-corrected chi connectivity index (χ1v) is 11.3. The fourth-order valence-corrected chi connectivity index (χ4v) is 4.83. The van der Waals surface area contributed by atoms with Crippen LogP contribution in [0.5, 0.6) is 0 Å². The summed E-state index contributed by atoms with van der Waals surface area (Å²) in [5.74, 6) is 1.82. The molecular formula is C24H25N4OS+. The Labute approximate surface area is 180 Å². The summed E-state index contributed by atoms with van der Waals surface area (Å²) in [7, 11) is 0. The number of hydrogen-bond acceptors (Lipinski definition) is 5. The van der Waals surface area contributed by atoms with Gasteiger partial charge < -0.3 is 15.0 Å². The Bertz CT molecular complexity index is 1110. The lowest BCUT2D eigenvalue weighted by molar-refractivity contribution is -0.922. The van der Waals surface area contributed by atoms with E-state index in [4.69, 9.17) is 14.7 Å². The number of rotatable bonds is 6. The average molecular weight is 418 g/mol. The van der Waals surface area contributed by atoms with E-state index < -0.39 is 0 Å². The third-order valence-corrected chi connectivity index (χ3v) is 6.35. The molecule has 1 aliphatic heterocycles. The fraction of sp³-hybridized carbons (Fsp3) is 0.250. The molecule has 1 aliphatic rings. The van der Waals surface area contributed by atoms with Crippen molar-refractivity contribution in [3.63, 3.8) is 0 Å². The van der Waals surface area contributed by atoms with E-state index in [1.165, 1.54) is 21.6 Å². The molecule has 6 heteroatoms. The highest BCUT2D eigenvalue weighted by molar-refractivity contribution is 7.17. The minimum Gasteiger partial charge on any atom is -0.370 e. The smallest absolute Gasteiger partial charge is 0.187 e. The highest BCUT2D eigenvalue weighted by atomic mass is 32.1. The Morgan fingerprint density at radius 2 is 1.67 bits per heavy atom. The molecule has 0 atom stereocenters. The van der Waals surface area contributed by atoms with Gasteiger partial charge in [0.25, 0.3) is 0 Å². The van der Waals surface area contributed by atoms with E-state index in [1.807, 2.05) is 12.1 Å². The maximum Gasteiger partial charge on any atom is 0.187 e. The van der Waals surface area contributed by atoms with Crippen molar-refractivity contribution in [2.45, 2.75) is 13.1 Å². The van der Waals surface area contributed by atoms with Gasteiger partial charge in [-0.25, -0.2) is 9.97 Å². The van der Waals surface area contributed by atoms with Gasteiger partial charge in [0.2, 0.25) is 0 Å². The minimum absolute atomic E-state index is 0.737. The second kappa shape index (κ2) is 8.92. The molecule has 0 radical (unpaired) electrons. The standard InChI is InChI=1S/C24H24N4OS/c1-3-7-18(8-4-1)15-25-23-22-20(19-9-5-2-6-10-19)17-30-24(22)27-21(26-23)16-28-11-13-29-14-12-28/h1-10,17H,11-16H2,(H,25,26,27)/p+1. The lowest BCUT2D eigenvalue weighted by atomic mass is 10.1. The molecule has 2 aromatic carbocycles. The zero-order valence-electron chi connectivity index (χ0n) is 16.8. The van der Waals surface area contributed by atoms with E-state index >= 15 is 0 Å². The van der Waals surface area contributed by atoms with E-state index in [0.29, 0.717) is 0 Å². The Balaban J connectivity index is 1.52. The van der Waals surface area contributed by atoms with Crippen molar-refractivity contribution in [2.24, 2.45) is 0 Å². The van der Waals surface area contributed by atoms with E-state index in [0.717, 1.165) is 61.3 Å². The number of hydrogen-bond donors (Lipinski definition) is 2. The van der Waals surface area contributed by atoms with Crippen LogP contribution in [0.15, 0.2) is 66.0 Å². The second-order valence-corrected chi connectivity index (χ2v) is 8.42. The fourth-order valence-electron chi connectivity index (χ4n) is 3.87. The van der Waals surface area contributed by atoms with Crippen LogP contribution in [0.3, 0.4) is 0 Å². The largest absolute Gasteiger partial charge is 0.370 e. The molecule has 3 heterocycles. The van der Waals surface area contributed by atoms with Crippen molar-refractivity contribution in [1.82, 2.24) is 9.97 Å². The first kappa shape index (κ1) is 19.2. The number of benzene rings is 2. The van der Waals surface area contributed by atoms with Crippen LogP contribution in [0.2, 0.25) is 0 Å². The molecule has 0 amide bonds. The Morgan fingerprint density at radius 3 is 2.43 bits per heavy atom. The molecule has 1 fully saturated rings. The van der Waals surface area contributed by atoms with Gasteiger partial charge in [0.15, 0.2) is 5.82 Å². The number of morpholine rings is 1. The van der Waals surface area contributed by atoms with Gasteiger partial charge in [-0.1, -0.05) is 60.7 Å². The van der Waals surface area contributed by atoms with Gasteiger partial charge in [-0.3, -0.25) is 0 Å². The van der Waals surface area contributed by atoms with Crippen molar-refractivity contribution >= 4 is 27.4 Å². The molecule has 0 saturated carbocycles. The summed E-state index contributed by atoms with van der Waals surface area (Å²) >= 11 is 1.70. The summed E-state index contributed by atoms with van der Waals surface area (Å²) in [4.78, 5) is 12.5. The van der Waals surface area contributed by atoms with E-state index in [1.54, 1.807) is 11.3 Å². The van der Waals surface area contributed by atoms with Crippen molar-refractivity contribution in [2.75, 3.05) is 31.6 Å². The number of nitrogens with zero attached hydrogens (tertiary/aromatic N) is 2. The highest BCUT2D eigenvalue weighted by Gasteiger charge is 2.20. The van der Waals surface area contributed by atoms with Gasteiger partial charge in [-0.2, -0.15) is 0 Å². The summed E-state index contributed by atoms with van der Waals surface area (Å²) in [5, 5.41) is 6.92. The number of ether oxygens (including phenoxy) is 1. The zero-order valence-corrected chi connectivity index (χ0v) is 17.6. The predicted octanol–water partition coefficient (Wildman–Crippen LogP) is 3.39. The molecule has 0 bridgehead atoms. The number of thiophene rings is 1. The third kappa shape index (κ3) is 4.21. The lowest BCUT2D eigenvalue weighted by Crippen LogP contribution is -3.12. The molecule has 0 aliphatic carbocycles. The van der Waals surface area contributed by atoms with Gasteiger partial charge in [-0.15, -0.1) is 11.3 Å². The Morgan fingerprint density at radius 1 is 0.933 bits per heavy atom. The van der Waals surface area contributed by atoms with Gasteiger partial charge in [-0.05, 0) is 11.1 Å². The first-order chi connectivity index (χ1) is 14.9. The third-order valence-electron chi connectivity index (χ3n) is 5.48. The summed E-state index contributed by atoms with van der Waals surface area (Å²) < 4.78 is 5.50. The molecule has 2 N–H and O–H groups in total. The van der Waals surface area contributed by atoms with Crippen LogP contribution in [0.4, 0.5) is 5.82 Å². The van der Waals surface area contributed by atoms with Crippen molar-refractivity contribution < 1.29 is 9.64 Å². The van der Waals surface area contributed by atoms with Crippen LogP contribution >= 0.6 is 11.3 Å².